The molecule has 0 spiro atoms. The zero-order valence-electron chi connectivity index (χ0n) is 59.5. The Morgan fingerprint density at radius 1 is 0.378 bits per heavy atom. The van der Waals surface area contributed by atoms with Gasteiger partial charge in [-0.05, 0) is 109 Å². The van der Waals surface area contributed by atoms with E-state index in [0.29, 0.717) is 12.8 Å². The van der Waals surface area contributed by atoms with Gasteiger partial charge in [0.1, 0.15) is 73.2 Å². The SMILES string of the molecule is CC/C=C\C/C=C\C/C=C\C/C=C\C/C=C\C/C=C\C/C=C\C/C=C\CCCCC(=O)NC(COC1OC(CO)C(OC2OC(CO)C(OC3OC(CO)C(O)C(O)C3O)C(O)C2O)C(O)C1O)C(O)/C=C/CC/C=C/CC/C=C/CCCCCCCCCCCCCCCCCC. The van der Waals surface area contributed by atoms with Gasteiger partial charge in [0.15, 0.2) is 18.9 Å². The van der Waals surface area contributed by atoms with Crippen LogP contribution >= 0.6 is 0 Å². The highest BCUT2D eigenvalue weighted by Gasteiger charge is 2.53. The Morgan fingerprint density at radius 3 is 1.14 bits per heavy atom. The summed E-state index contributed by atoms with van der Waals surface area (Å²) in [6, 6.07) is -1.03. The fourth-order valence-electron chi connectivity index (χ4n) is 11.6. The molecule has 0 bridgehead atoms. The van der Waals surface area contributed by atoms with E-state index in [1.165, 1.54) is 103 Å². The second kappa shape index (κ2) is 58.4. The molecular weight excluding hydrogens is 1250 g/mol. The minimum absolute atomic E-state index is 0.167. The Kier molecular flexibility index (Phi) is 52.6. The molecule has 19 heteroatoms. The van der Waals surface area contributed by atoms with E-state index in [2.05, 4.69) is 141 Å². The Morgan fingerprint density at radius 2 is 0.714 bits per heavy atom. The maximum Gasteiger partial charge on any atom is 0.220 e. The number of amides is 1. The molecule has 12 N–H and O–H groups in total. The molecule has 3 heterocycles. The molecule has 3 aliphatic rings. The number of carbonyl (C=O) groups excluding carboxylic acids is 1. The Balaban J connectivity index is 1.46. The zero-order valence-corrected chi connectivity index (χ0v) is 59.5. The van der Waals surface area contributed by atoms with Gasteiger partial charge in [-0.3, -0.25) is 4.79 Å². The van der Waals surface area contributed by atoms with Crippen molar-refractivity contribution in [3.8, 4) is 0 Å². The summed E-state index contributed by atoms with van der Waals surface area (Å²) in [5.41, 5.74) is 0. The molecule has 0 aromatic carbocycles. The van der Waals surface area contributed by atoms with Gasteiger partial charge in [-0.15, -0.1) is 0 Å². The van der Waals surface area contributed by atoms with E-state index in [4.69, 9.17) is 28.4 Å². The summed E-state index contributed by atoms with van der Waals surface area (Å²) in [6.07, 6.45) is 55.7. The third-order valence-electron chi connectivity index (χ3n) is 17.7. The fourth-order valence-corrected chi connectivity index (χ4v) is 11.6. The molecule has 0 aromatic rings. The van der Waals surface area contributed by atoms with E-state index >= 15 is 0 Å². The molecule has 3 aliphatic heterocycles. The molecule has 0 aromatic heterocycles. The van der Waals surface area contributed by atoms with Crippen LogP contribution in [0.5, 0.6) is 0 Å². The molecule has 0 saturated carbocycles. The summed E-state index contributed by atoms with van der Waals surface area (Å²) in [7, 11) is 0. The van der Waals surface area contributed by atoms with Gasteiger partial charge in [-0.1, -0.05) is 244 Å². The molecule has 0 radical (unpaired) electrons. The molecule has 3 rings (SSSR count). The van der Waals surface area contributed by atoms with Crippen molar-refractivity contribution in [2.24, 2.45) is 0 Å². The summed E-state index contributed by atoms with van der Waals surface area (Å²) in [5, 5.41) is 121. The van der Waals surface area contributed by atoms with Crippen LogP contribution in [0.1, 0.15) is 226 Å². The normalized spacial score (nSPS) is 27.5. The van der Waals surface area contributed by atoms with Crippen LogP contribution in [0.3, 0.4) is 0 Å². The number of carbonyl (C=O) groups is 1. The number of ether oxygens (including phenoxy) is 6. The molecule has 0 aliphatic carbocycles. The maximum atomic E-state index is 13.4. The predicted octanol–water partition coefficient (Wildman–Crippen LogP) is 11.3. The lowest BCUT2D eigenvalue weighted by atomic mass is 9.96. The van der Waals surface area contributed by atoms with E-state index in [9.17, 15) is 61.0 Å². The average molecular weight is 1380 g/mol. The van der Waals surface area contributed by atoms with Gasteiger partial charge in [0.2, 0.25) is 5.91 Å². The number of aliphatic hydroxyl groups is 11. The summed E-state index contributed by atoms with van der Waals surface area (Å²) < 4.78 is 34.3. The van der Waals surface area contributed by atoms with Crippen molar-refractivity contribution in [2.45, 2.75) is 330 Å². The summed E-state index contributed by atoms with van der Waals surface area (Å²) in [5.74, 6) is -0.337. The third-order valence-corrected chi connectivity index (χ3v) is 17.7. The number of aliphatic hydroxyl groups excluding tert-OH is 11. The molecular formula is C79H131NO18. The Bertz CT molecular complexity index is 2290. The minimum atomic E-state index is -2.00. The number of unbranched alkanes of at least 4 members (excludes halogenated alkanes) is 20. The standard InChI is InChI=1S/C79H131NO18/c1-3-5-7-9-11-13-15-17-19-21-23-25-27-29-31-33-35-37-39-41-43-45-47-49-51-53-55-57-67(85)80-62(63(84)56-54-52-50-48-46-44-42-40-38-36-34-32-30-28-26-24-22-20-18-16-14-12-10-8-6-4-2)61-93-77-73(91)70(88)75(65(59-82)95-77)98-79-74(92)71(89)76(66(60-83)96-79)97-78-72(90)69(87)68(86)64(58-81)94-78/h5,7,11,13,17,19,23,25,29,31,35,37-38,40-41,43,46-49,54,56,62-66,68-79,81-84,86-92H,3-4,6,8-10,12,14-16,18,20-22,24,26-28,30,32-34,36,39,42,44-45,50-53,55,57-61H2,1-2H3,(H,80,85)/b7-5-,13-11-,19-17-,25-23-,31-29-,37-35-,40-38+,43-41-,48-46+,49-47-,56-54+. The topological polar surface area (TPSA) is 307 Å². The lowest BCUT2D eigenvalue weighted by Gasteiger charge is -2.48. The summed E-state index contributed by atoms with van der Waals surface area (Å²) in [4.78, 5) is 13.4. The van der Waals surface area contributed by atoms with E-state index in [1.54, 1.807) is 6.08 Å². The molecule has 560 valence electrons. The number of allylic oxidation sites excluding steroid dienone is 21. The largest absolute Gasteiger partial charge is 0.394 e. The Hall–Kier alpha value is -4.07. The third kappa shape index (κ3) is 38.8. The van der Waals surface area contributed by atoms with Crippen molar-refractivity contribution >= 4 is 5.91 Å². The lowest BCUT2D eigenvalue weighted by Crippen LogP contribution is -2.66. The zero-order chi connectivity index (χ0) is 71.1. The molecule has 19 nitrogen and oxygen atoms in total. The molecule has 17 atom stereocenters. The van der Waals surface area contributed by atoms with Gasteiger partial charge in [-0.2, -0.15) is 0 Å². The maximum absolute atomic E-state index is 13.4. The van der Waals surface area contributed by atoms with Gasteiger partial charge in [0.25, 0.3) is 0 Å². The first-order valence-corrected chi connectivity index (χ1v) is 37.4. The smallest absolute Gasteiger partial charge is 0.220 e. The van der Waals surface area contributed by atoms with Gasteiger partial charge in [0, 0.05) is 6.42 Å². The minimum Gasteiger partial charge on any atom is -0.394 e. The van der Waals surface area contributed by atoms with Crippen molar-refractivity contribution in [2.75, 3.05) is 26.4 Å². The van der Waals surface area contributed by atoms with E-state index in [1.807, 2.05) is 6.08 Å². The van der Waals surface area contributed by atoms with Crippen LogP contribution in [-0.4, -0.2) is 193 Å². The number of hydrogen-bond acceptors (Lipinski definition) is 18. The van der Waals surface area contributed by atoms with E-state index in [-0.39, 0.29) is 12.3 Å². The van der Waals surface area contributed by atoms with Crippen molar-refractivity contribution < 1.29 is 89.4 Å². The van der Waals surface area contributed by atoms with Crippen molar-refractivity contribution in [3.63, 3.8) is 0 Å². The van der Waals surface area contributed by atoms with E-state index in [0.717, 1.165) is 89.9 Å². The van der Waals surface area contributed by atoms with Crippen molar-refractivity contribution in [3.05, 3.63) is 134 Å². The highest BCUT2D eigenvalue weighted by atomic mass is 16.8. The van der Waals surface area contributed by atoms with Crippen LogP contribution in [0.2, 0.25) is 0 Å². The van der Waals surface area contributed by atoms with Crippen molar-refractivity contribution in [1.82, 2.24) is 5.32 Å². The molecule has 17 unspecified atom stereocenters. The first-order valence-electron chi connectivity index (χ1n) is 37.4. The van der Waals surface area contributed by atoms with Gasteiger partial charge in [0.05, 0.1) is 38.6 Å². The molecule has 3 saturated heterocycles. The van der Waals surface area contributed by atoms with Crippen LogP contribution in [0, 0.1) is 0 Å². The van der Waals surface area contributed by atoms with Gasteiger partial charge in [-0.25, -0.2) is 0 Å². The Labute approximate surface area is 588 Å². The highest BCUT2D eigenvalue weighted by Crippen LogP contribution is 2.33. The number of hydrogen-bond donors (Lipinski definition) is 12. The average Bonchev–Trinajstić information content (AvgIpc) is 0.785. The highest BCUT2D eigenvalue weighted by molar-refractivity contribution is 5.76. The second-order valence-corrected chi connectivity index (χ2v) is 26.0. The lowest BCUT2D eigenvalue weighted by molar-refractivity contribution is -0.379. The predicted molar refractivity (Wildman–Crippen MR) is 387 cm³/mol. The first-order chi connectivity index (χ1) is 47.8. The first kappa shape index (κ1) is 88.1. The summed E-state index contributed by atoms with van der Waals surface area (Å²) >= 11 is 0. The molecule has 3 fully saturated rings. The monoisotopic (exact) mass is 1380 g/mol. The number of rotatable bonds is 56. The summed E-state index contributed by atoms with van der Waals surface area (Å²) in [6.45, 7) is 1.56. The van der Waals surface area contributed by atoms with Crippen LogP contribution in [0.4, 0.5) is 0 Å². The molecule has 1 amide bonds. The van der Waals surface area contributed by atoms with Crippen LogP contribution in [0.25, 0.3) is 0 Å². The van der Waals surface area contributed by atoms with Gasteiger partial charge < -0.3 is 89.9 Å². The van der Waals surface area contributed by atoms with Gasteiger partial charge >= 0.3 is 0 Å². The second-order valence-electron chi connectivity index (χ2n) is 26.0. The van der Waals surface area contributed by atoms with Crippen LogP contribution < -0.4 is 5.32 Å². The molecule has 98 heavy (non-hydrogen) atoms. The van der Waals surface area contributed by atoms with Crippen LogP contribution in [-0.2, 0) is 33.2 Å². The van der Waals surface area contributed by atoms with Crippen LogP contribution in [0.15, 0.2) is 134 Å². The number of nitrogens with one attached hydrogen (secondary N) is 1. The van der Waals surface area contributed by atoms with E-state index < -0.39 is 131 Å². The fraction of sp³-hybridized carbons (Fsp3) is 0.709. The van der Waals surface area contributed by atoms with Crippen molar-refractivity contribution in [1.29, 1.82) is 0 Å². The quantitative estimate of drug-likeness (QED) is 0.0199.